The fraction of sp³-hybridized carbons (Fsp3) is 0.381. The Labute approximate surface area is 175 Å². The molecule has 2 aliphatic rings. The average molecular weight is 437 g/mol. The summed E-state index contributed by atoms with van der Waals surface area (Å²) < 4.78 is 40.3. The van der Waals surface area contributed by atoms with Gasteiger partial charge >= 0.3 is 0 Å². The molecule has 0 N–H and O–H groups in total. The van der Waals surface area contributed by atoms with Gasteiger partial charge in [0, 0.05) is 32.1 Å². The number of sulfonamides is 1. The SMILES string of the molecule is O=C(C1CCN(S(=O)(=O)c2ccc(F)c(Cl)c2)CC1)N1CCc2ccccc2C1. The van der Waals surface area contributed by atoms with Crippen molar-refractivity contribution in [2.75, 3.05) is 19.6 Å². The van der Waals surface area contributed by atoms with Gasteiger partial charge in [0.25, 0.3) is 0 Å². The first-order valence-electron chi connectivity index (χ1n) is 9.67. The summed E-state index contributed by atoms with van der Waals surface area (Å²) in [6, 6.07) is 11.6. The molecule has 0 spiro atoms. The van der Waals surface area contributed by atoms with E-state index in [0.717, 1.165) is 18.6 Å². The topological polar surface area (TPSA) is 57.7 Å². The normalized spacial score (nSPS) is 18.5. The Morgan fingerprint density at radius 1 is 1.03 bits per heavy atom. The molecule has 0 unspecified atom stereocenters. The molecule has 8 heteroatoms. The van der Waals surface area contributed by atoms with Crippen molar-refractivity contribution < 1.29 is 17.6 Å². The molecule has 0 radical (unpaired) electrons. The second-order valence-corrected chi connectivity index (χ2v) is 9.88. The molecule has 1 saturated heterocycles. The third-order valence-corrected chi connectivity index (χ3v) is 7.96. The largest absolute Gasteiger partial charge is 0.338 e. The number of nitrogens with zero attached hydrogens (tertiary/aromatic N) is 2. The first-order chi connectivity index (χ1) is 13.9. The number of carbonyl (C=O) groups excluding carboxylic acids is 1. The maximum atomic E-state index is 13.4. The Kier molecular flexibility index (Phi) is 5.64. The predicted octanol–water partition coefficient (Wildman–Crippen LogP) is 3.46. The number of carbonyl (C=O) groups is 1. The van der Waals surface area contributed by atoms with Crippen molar-refractivity contribution in [1.82, 2.24) is 9.21 Å². The van der Waals surface area contributed by atoms with Crippen molar-refractivity contribution >= 4 is 27.5 Å². The molecule has 0 atom stereocenters. The summed E-state index contributed by atoms with van der Waals surface area (Å²) in [5.41, 5.74) is 2.47. The lowest BCUT2D eigenvalue weighted by Gasteiger charge is -2.35. The number of rotatable bonds is 3. The Morgan fingerprint density at radius 2 is 1.72 bits per heavy atom. The summed E-state index contributed by atoms with van der Waals surface area (Å²) in [4.78, 5) is 14.8. The molecule has 2 aliphatic heterocycles. The van der Waals surface area contributed by atoms with Crippen LogP contribution in [0.25, 0.3) is 0 Å². The van der Waals surface area contributed by atoms with E-state index in [0.29, 0.717) is 25.9 Å². The van der Waals surface area contributed by atoms with Gasteiger partial charge in [0.05, 0.1) is 9.92 Å². The summed E-state index contributed by atoms with van der Waals surface area (Å²) in [6.45, 7) is 1.83. The highest BCUT2D eigenvalue weighted by atomic mass is 35.5. The minimum Gasteiger partial charge on any atom is -0.338 e. The van der Waals surface area contributed by atoms with Crippen LogP contribution in [0, 0.1) is 11.7 Å². The fourth-order valence-electron chi connectivity index (χ4n) is 4.07. The summed E-state index contributed by atoms with van der Waals surface area (Å²) in [7, 11) is -3.76. The molecule has 0 saturated carbocycles. The lowest BCUT2D eigenvalue weighted by Crippen LogP contribution is -2.45. The van der Waals surface area contributed by atoms with Crippen LogP contribution in [0.3, 0.4) is 0 Å². The van der Waals surface area contributed by atoms with E-state index in [2.05, 4.69) is 12.1 Å². The van der Waals surface area contributed by atoms with Crippen LogP contribution in [0.15, 0.2) is 47.4 Å². The molecular formula is C21H22ClFN2O3S. The van der Waals surface area contributed by atoms with Crippen molar-refractivity contribution in [3.63, 3.8) is 0 Å². The number of hydrogen-bond donors (Lipinski definition) is 0. The predicted molar refractivity (Wildman–Crippen MR) is 108 cm³/mol. The average Bonchev–Trinajstić information content (AvgIpc) is 2.74. The fourth-order valence-corrected chi connectivity index (χ4v) is 5.81. The maximum Gasteiger partial charge on any atom is 0.243 e. The molecule has 0 aromatic heterocycles. The maximum absolute atomic E-state index is 13.4. The molecule has 29 heavy (non-hydrogen) atoms. The smallest absolute Gasteiger partial charge is 0.243 e. The zero-order chi connectivity index (χ0) is 20.6. The Bertz CT molecular complexity index is 1040. The standard InChI is InChI=1S/C21H22ClFN2O3S/c22-19-13-18(5-6-20(19)23)29(27,28)25-11-8-16(9-12-25)21(26)24-10-7-15-3-1-2-4-17(15)14-24/h1-6,13,16H,7-12,14H2. The third kappa shape index (κ3) is 4.04. The highest BCUT2D eigenvalue weighted by molar-refractivity contribution is 7.89. The van der Waals surface area contributed by atoms with Gasteiger partial charge in [-0.25, -0.2) is 12.8 Å². The first kappa shape index (κ1) is 20.3. The van der Waals surface area contributed by atoms with Crippen LogP contribution >= 0.6 is 11.6 Å². The molecule has 5 nitrogen and oxygen atoms in total. The van der Waals surface area contributed by atoms with Crippen molar-refractivity contribution in [2.24, 2.45) is 5.92 Å². The number of piperidine rings is 1. The van der Waals surface area contributed by atoms with E-state index in [4.69, 9.17) is 11.6 Å². The van der Waals surface area contributed by atoms with Crippen molar-refractivity contribution in [3.05, 3.63) is 64.4 Å². The molecule has 4 rings (SSSR count). The summed E-state index contributed by atoms with van der Waals surface area (Å²) in [5.74, 6) is -0.733. The quantitative estimate of drug-likeness (QED) is 0.740. The van der Waals surface area contributed by atoms with E-state index in [1.165, 1.54) is 21.5 Å². The van der Waals surface area contributed by atoms with Gasteiger partial charge in [-0.2, -0.15) is 4.31 Å². The Hall–Kier alpha value is -1.96. The minimum absolute atomic E-state index is 0.0266. The Morgan fingerprint density at radius 3 is 2.41 bits per heavy atom. The number of halogens is 2. The number of fused-ring (bicyclic) bond motifs is 1. The molecule has 154 valence electrons. The second kappa shape index (κ2) is 8.05. The second-order valence-electron chi connectivity index (χ2n) is 7.53. The van der Waals surface area contributed by atoms with Crippen molar-refractivity contribution in [1.29, 1.82) is 0 Å². The minimum atomic E-state index is -3.76. The van der Waals surface area contributed by atoms with E-state index < -0.39 is 15.8 Å². The molecule has 2 aromatic rings. The lowest BCUT2D eigenvalue weighted by atomic mass is 9.94. The van der Waals surface area contributed by atoms with Crippen LogP contribution < -0.4 is 0 Å². The molecular weight excluding hydrogens is 415 g/mol. The highest BCUT2D eigenvalue weighted by Gasteiger charge is 2.34. The molecule has 0 aliphatic carbocycles. The molecule has 2 heterocycles. The van der Waals surface area contributed by atoms with Crippen LogP contribution in [0.2, 0.25) is 5.02 Å². The summed E-state index contributed by atoms with van der Waals surface area (Å²) in [5, 5.41) is -0.221. The van der Waals surface area contributed by atoms with Gasteiger partial charge in [0.1, 0.15) is 5.82 Å². The highest BCUT2D eigenvalue weighted by Crippen LogP contribution is 2.28. The van der Waals surface area contributed by atoms with Crippen LogP contribution in [0.5, 0.6) is 0 Å². The Balaban J connectivity index is 1.40. The van der Waals surface area contributed by atoms with Gasteiger partial charge in [-0.15, -0.1) is 0 Å². The zero-order valence-corrected chi connectivity index (χ0v) is 17.4. The number of hydrogen-bond acceptors (Lipinski definition) is 3. The van der Waals surface area contributed by atoms with Crippen molar-refractivity contribution in [2.45, 2.75) is 30.7 Å². The van der Waals surface area contributed by atoms with E-state index in [1.807, 2.05) is 17.0 Å². The molecule has 0 bridgehead atoms. The van der Waals surface area contributed by atoms with Gasteiger partial charge in [-0.3, -0.25) is 4.79 Å². The van der Waals surface area contributed by atoms with Gasteiger partial charge < -0.3 is 4.90 Å². The van der Waals surface area contributed by atoms with E-state index in [1.54, 1.807) is 0 Å². The van der Waals surface area contributed by atoms with Crippen molar-refractivity contribution in [3.8, 4) is 0 Å². The summed E-state index contributed by atoms with van der Waals surface area (Å²) in [6.07, 6.45) is 1.80. The van der Waals surface area contributed by atoms with Gasteiger partial charge in [0.15, 0.2) is 0 Å². The van der Waals surface area contributed by atoms with Crippen LogP contribution in [0.1, 0.15) is 24.0 Å². The number of benzene rings is 2. The van der Waals surface area contributed by atoms with Crippen LogP contribution in [-0.2, 0) is 27.8 Å². The first-order valence-corrected chi connectivity index (χ1v) is 11.5. The third-order valence-electron chi connectivity index (χ3n) is 5.77. The van der Waals surface area contributed by atoms with Gasteiger partial charge in [-0.05, 0) is 48.6 Å². The van der Waals surface area contributed by atoms with Crippen LogP contribution in [-0.4, -0.2) is 43.2 Å². The zero-order valence-electron chi connectivity index (χ0n) is 15.9. The van der Waals surface area contributed by atoms with Gasteiger partial charge in [0.2, 0.25) is 15.9 Å². The summed E-state index contributed by atoms with van der Waals surface area (Å²) >= 11 is 5.74. The van der Waals surface area contributed by atoms with E-state index in [-0.39, 0.29) is 34.8 Å². The molecule has 1 amide bonds. The molecule has 1 fully saturated rings. The number of amides is 1. The van der Waals surface area contributed by atoms with E-state index >= 15 is 0 Å². The van der Waals surface area contributed by atoms with Gasteiger partial charge in [-0.1, -0.05) is 35.9 Å². The monoisotopic (exact) mass is 436 g/mol. The van der Waals surface area contributed by atoms with E-state index in [9.17, 15) is 17.6 Å². The molecule has 2 aromatic carbocycles. The lowest BCUT2D eigenvalue weighted by molar-refractivity contribution is -0.137. The van der Waals surface area contributed by atoms with Crippen LogP contribution in [0.4, 0.5) is 4.39 Å².